The average Bonchev–Trinajstić information content (AvgIpc) is 3.19. The Kier molecular flexibility index (Phi) is 3.95. The van der Waals surface area contributed by atoms with Crippen LogP contribution in [-0.4, -0.2) is 6.04 Å². The lowest BCUT2D eigenvalue weighted by atomic mass is 9.66. The summed E-state index contributed by atoms with van der Waals surface area (Å²) in [4.78, 5) is 0. The van der Waals surface area contributed by atoms with E-state index in [2.05, 4.69) is 121 Å². The summed E-state index contributed by atoms with van der Waals surface area (Å²) >= 11 is 0. The number of nitrogens with zero attached hydrogens (tertiary/aromatic N) is 2. The van der Waals surface area contributed by atoms with E-state index in [1.165, 1.54) is 28.7 Å². The molecule has 2 heteroatoms. The van der Waals surface area contributed by atoms with Crippen LogP contribution in [0, 0.1) is 29.6 Å². The van der Waals surface area contributed by atoms with Gasteiger partial charge in [-0.15, -0.1) is 0 Å². The number of rotatable bonds is 4. The fraction of sp³-hybridized carbons (Fsp3) is 0.273. The third kappa shape index (κ3) is 2.35. The number of hydrogen-bond donors (Lipinski definition) is 0. The van der Waals surface area contributed by atoms with Crippen LogP contribution in [0.1, 0.15) is 28.7 Å². The van der Waals surface area contributed by atoms with Crippen LogP contribution in [0.4, 0.5) is 0 Å². The van der Waals surface area contributed by atoms with Crippen molar-refractivity contribution in [1.29, 1.82) is 0 Å². The van der Waals surface area contributed by atoms with Gasteiger partial charge in [0.2, 0.25) is 0 Å². The maximum atomic E-state index is 5.21. The highest BCUT2D eigenvalue weighted by Gasteiger charge is 2.82. The zero-order valence-electron chi connectivity index (χ0n) is 19.6. The number of azo groups is 1. The van der Waals surface area contributed by atoms with Gasteiger partial charge in [0.25, 0.3) is 0 Å². The van der Waals surface area contributed by atoms with Gasteiger partial charge in [-0.3, -0.25) is 0 Å². The van der Waals surface area contributed by atoms with Gasteiger partial charge in [-0.05, 0) is 52.3 Å². The molecule has 6 atom stereocenters. The van der Waals surface area contributed by atoms with E-state index in [-0.39, 0.29) is 11.0 Å². The van der Waals surface area contributed by atoms with Gasteiger partial charge < -0.3 is 0 Å². The quantitative estimate of drug-likeness (QED) is 0.311. The molecule has 0 spiro atoms. The highest BCUT2D eigenvalue weighted by atomic mass is 15.3. The summed E-state index contributed by atoms with van der Waals surface area (Å²) in [5.41, 5.74) is 5.26. The molecule has 8 rings (SSSR count). The smallest absolute Gasteiger partial charge is 0.137 e. The fourth-order valence-electron chi connectivity index (χ4n) is 8.85. The minimum atomic E-state index is -0.390. The third-order valence-electron chi connectivity index (χ3n) is 9.83. The normalized spacial score (nSPS) is 32.2. The maximum Gasteiger partial charge on any atom is 0.137 e. The number of fused-ring (bicyclic) bond motifs is 8. The molecule has 170 valence electrons. The molecule has 0 radical (unpaired) electrons. The molecule has 4 aliphatic rings. The lowest BCUT2D eigenvalue weighted by molar-refractivity contribution is 0.223. The highest BCUT2D eigenvalue weighted by Crippen LogP contribution is 2.82. The summed E-state index contributed by atoms with van der Waals surface area (Å²) in [6.45, 7) is 0. The maximum absolute atomic E-state index is 5.21. The van der Waals surface area contributed by atoms with Gasteiger partial charge in [-0.2, -0.15) is 10.2 Å². The van der Waals surface area contributed by atoms with Crippen molar-refractivity contribution in [3.05, 3.63) is 144 Å². The molecule has 4 aromatic rings. The molecule has 4 aromatic carbocycles. The van der Waals surface area contributed by atoms with Crippen LogP contribution in [0.5, 0.6) is 0 Å². The van der Waals surface area contributed by atoms with Crippen molar-refractivity contribution in [2.45, 2.75) is 23.4 Å². The van der Waals surface area contributed by atoms with Crippen molar-refractivity contribution in [3.63, 3.8) is 0 Å². The summed E-state index contributed by atoms with van der Waals surface area (Å²) in [6.07, 6.45) is 1.28. The minimum Gasteiger partial charge on any atom is -0.189 e. The Balaban J connectivity index is 1.31. The topological polar surface area (TPSA) is 24.7 Å². The predicted molar refractivity (Wildman–Crippen MR) is 138 cm³/mol. The van der Waals surface area contributed by atoms with Crippen LogP contribution < -0.4 is 0 Å². The molecule has 0 aromatic heterocycles. The molecular weight excluding hydrogens is 424 g/mol. The summed E-state index contributed by atoms with van der Waals surface area (Å²) in [5, 5.41) is 10.3. The van der Waals surface area contributed by atoms with E-state index in [4.69, 9.17) is 10.2 Å². The van der Waals surface area contributed by atoms with Gasteiger partial charge in [0.15, 0.2) is 0 Å². The lowest BCUT2D eigenvalue weighted by Gasteiger charge is -2.37. The molecule has 0 saturated heterocycles. The Morgan fingerprint density at radius 2 is 0.914 bits per heavy atom. The Morgan fingerprint density at radius 1 is 0.486 bits per heavy atom. The van der Waals surface area contributed by atoms with Crippen molar-refractivity contribution in [3.8, 4) is 0 Å². The second kappa shape index (κ2) is 7.01. The van der Waals surface area contributed by atoms with Crippen LogP contribution >= 0.6 is 0 Å². The van der Waals surface area contributed by atoms with E-state index in [0.29, 0.717) is 35.6 Å². The van der Waals surface area contributed by atoms with E-state index in [0.717, 1.165) is 0 Å². The molecule has 3 saturated carbocycles. The highest BCUT2D eigenvalue weighted by molar-refractivity contribution is 5.55. The molecule has 0 amide bonds. The first-order chi connectivity index (χ1) is 17.4. The molecule has 3 aliphatic carbocycles. The van der Waals surface area contributed by atoms with E-state index >= 15 is 0 Å². The Labute approximate surface area is 206 Å². The van der Waals surface area contributed by atoms with Crippen LogP contribution in [0.2, 0.25) is 0 Å². The van der Waals surface area contributed by atoms with Crippen molar-refractivity contribution < 1.29 is 0 Å². The van der Waals surface area contributed by atoms with Gasteiger partial charge in [-0.25, -0.2) is 0 Å². The SMILES string of the molecule is c1ccc(C2(c3ccccc3)N=N[C@H]3[C@H]4C[C@@H]([C@H]32)[C@H]2[C@@H]4C2(c2ccccc2)c2ccccc2)cc1. The van der Waals surface area contributed by atoms with Gasteiger partial charge >= 0.3 is 0 Å². The van der Waals surface area contributed by atoms with E-state index in [9.17, 15) is 0 Å². The largest absolute Gasteiger partial charge is 0.189 e. The summed E-state index contributed by atoms with van der Waals surface area (Å²) < 4.78 is 0. The third-order valence-corrected chi connectivity index (χ3v) is 9.83. The summed E-state index contributed by atoms with van der Waals surface area (Å²) in [6, 6.07) is 44.9. The Bertz CT molecular complexity index is 1320. The van der Waals surface area contributed by atoms with E-state index in [1.807, 2.05) is 0 Å². The standard InChI is InChI=1S/C33H28N2/c1-5-13-22(14-6-1)32(23-15-7-2-8-16-23)28-26-21-27(29(28)32)31-30(26)33(35-34-31,24-17-9-3-10-18-24)25-19-11-4-12-20-25/h1-20,26-31H,21H2/t26-,27+,28+,29-,30-,31+/m1/s1. The minimum absolute atomic E-state index is 0.106. The Morgan fingerprint density at radius 3 is 1.40 bits per heavy atom. The molecule has 0 N–H and O–H groups in total. The molecule has 0 unspecified atom stereocenters. The second-order valence-electron chi connectivity index (χ2n) is 10.9. The molecule has 2 nitrogen and oxygen atoms in total. The first-order valence-corrected chi connectivity index (χ1v) is 13.0. The summed E-state index contributed by atoms with van der Waals surface area (Å²) in [7, 11) is 0. The van der Waals surface area contributed by atoms with Crippen molar-refractivity contribution in [2.24, 2.45) is 39.8 Å². The zero-order chi connectivity index (χ0) is 23.0. The number of hydrogen-bond acceptors (Lipinski definition) is 2. The first kappa shape index (κ1) is 19.8. The van der Waals surface area contributed by atoms with Crippen molar-refractivity contribution in [2.75, 3.05) is 0 Å². The first-order valence-electron chi connectivity index (χ1n) is 13.0. The molecular formula is C33H28N2. The van der Waals surface area contributed by atoms with E-state index in [1.54, 1.807) is 0 Å². The van der Waals surface area contributed by atoms with Gasteiger partial charge in [0.1, 0.15) is 5.54 Å². The fourth-order valence-corrected chi connectivity index (χ4v) is 8.85. The van der Waals surface area contributed by atoms with Crippen LogP contribution in [0.3, 0.4) is 0 Å². The summed E-state index contributed by atoms with van der Waals surface area (Å²) in [5.74, 6) is 2.90. The Hall–Kier alpha value is -3.52. The lowest BCUT2D eigenvalue weighted by Crippen LogP contribution is -2.40. The van der Waals surface area contributed by atoms with Crippen molar-refractivity contribution in [1.82, 2.24) is 0 Å². The second-order valence-corrected chi connectivity index (χ2v) is 10.9. The zero-order valence-corrected chi connectivity index (χ0v) is 19.6. The van der Waals surface area contributed by atoms with Crippen LogP contribution in [-0.2, 0) is 11.0 Å². The number of benzene rings is 4. The molecule has 1 aliphatic heterocycles. The predicted octanol–water partition coefficient (Wildman–Crippen LogP) is 7.26. The van der Waals surface area contributed by atoms with Gasteiger partial charge in [-0.1, -0.05) is 121 Å². The average molecular weight is 453 g/mol. The molecule has 2 bridgehead atoms. The van der Waals surface area contributed by atoms with E-state index < -0.39 is 0 Å². The van der Waals surface area contributed by atoms with Gasteiger partial charge in [0, 0.05) is 11.3 Å². The van der Waals surface area contributed by atoms with Crippen LogP contribution in [0.15, 0.2) is 132 Å². The molecule has 1 heterocycles. The van der Waals surface area contributed by atoms with Gasteiger partial charge in [0.05, 0.1) is 6.04 Å². The molecule has 3 fully saturated rings. The molecule has 35 heavy (non-hydrogen) atoms. The van der Waals surface area contributed by atoms with Crippen molar-refractivity contribution >= 4 is 0 Å². The monoisotopic (exact) mass is 452 g/mol. The van der Waals surface area contributed by atoms with Crippen LogP contribution in [0.25, 0.3) is 0 Å².